The summed E-state index contributed by atoms with van der Waals surface area (Å²) in [5.41, 5.74) is 1.70. The monoisotopic (exact) mass is 261 g/mol. The molecule has 2 rings (SSSR count). The maximum Gasteiger partial charge on any atom is 0.120 e. The van der Waals surface area contributed by atoms with E-state index in [-0.39, 0.29) is 10.8 Å². The highest BCUT2D eigenvalue weighted by Crippen LogP contribution is 2.43. The van der Waals surface area contributed by atoms with Gasteiger partial charge >= 0.3 is 0 Å². The SMILES string of the molecule is CNC1CC(Oc2cccc(C(C)(C)C)c2)C1(C)C. The minimum absolute atomic E-state index is 0.169. The van der Waals surface area contributed by atoms with Gasteiger partial charge in [0.2, 0.25) is 0 Å². The molecular formula is C17H27NO. The van der Waals surface area contributed by atoms with Gasteiger partial charge in [-0.1, -0.05) is 46.8 Å². The van der Waals surface area contributed by atoms with Crippen molar-refractivity contribution >= 4 is 0 Å². The lowest BCUT2D eigenvalue weighted by Gasteiger charge is -2.51. The van der Waals surface area contributed by atoms with Crippen LogP contribution in [-0.2, 0) is 5.41 Å². The van der Waals surface area contributed by atoms with Gasteiger partial charge in [-0.2, -0.15) is 0 Å². The van der Waals surface area contributed by atoms with Crippen LogP contribution < -0.4 is 10.1 Å². The molecule has 1 aromatic rings. The first-order valence-electron chi connectivity index (χ1n) is 7.19. The second kappa shape index (κ2) is 4.82. The zero-order valence-corrected chi connectivity index (χ0v) is 13.1. The number of hydrogen-bond acceptors (Lipinski definition) is 2. The van der Waals surface area contributed by atoms with E-state index >= 15 is 0 Å². The zero-order chi connectivity index (χ0) is 14.3. The molecule has 2 atom stereocenters. The summed E-state index contributed by atoms with van der Waals surface area (Å²) in [6.07, 6.45) is 1.39. The molecule has 0 saturated heterocycles. The topological polar surface area (TPSA) is 21.3 Å². The first-order valence-corrected chi connectivity index (χ1v) is 7.19. The summed E-state index contributed by atoms with van der Waals surface area (Å²) >= 11 is 0. The first-order chi connectivity index (χ1) is 8.75. The van der Waals surface area contributed by atoms with E-state index < -0.39 is 0 Å². The minimum atomic E-state index is 0.169. The predicted molar refractivity (Wildman–Crippen MR) is 80.8 cm³/mol. The molecule has 0 heterocycles. The molecule has 1 N–H and O–H groups in total. The third-order valence-electron chi connectivity index (χ3n) is 4.50. The summed E-state index contributed by atoms with van der Waals surface area (Å²) in [6, 6.07) is 9.08. The number of benzene rings is 1. The van der Waals surface area contributed by atoms with Gasteiger partial charge in [0.1, 0.15) is 11.9 Å². The molecule has 0 spiro atoms. The van der Waals surface area contributed by atoms with E-state index in [1.165, 1.54) is 5.56 Å². The van der Waals surface area contributed by atoms with Crippen molar-refractivity contribution in [2.24, 2.45) is 5.41 Å². The summed E-state index contributed by atoms with van der Waals surface area (Å²) in [7, 11) is 2.03. The highest BCUT2D eigenvalue weighted by molar-refractivity contribution is 5.33. The Morgan fingerprint density at radius 3 is 2.47 bits per heavy atom. The number of nitrogens with one attached hydrogen (secondary N) is 1. The van der Waals surface area contributed by atoms with E-state index in [0.717, 1.165) is 12.2 Å². The number of rotatable bonds is 3. The lowest BCUT2D eigenvalue weighted by atomic mass is 9.64. The fraction of sp³-hybridized carbons (Fsp3) is 0.647. The predicted octanol–water partition coefficient (Wildman–Crippen LogP) is 3.75. The highest BCUT2D eigenvalue weighted by atomic mass is 16.5. The maximum atomic E-state index is 6.19. The summed E-state index contributed by atoms with van der Waals surface area (Å²) in [6.45, 7) is 11.2. The fourth-order valence-electron chi connectivity index (χ4n) is 2.78. The lowest BCUT2D eigenvalue weighted by Crippen LogP contribution is -2.61. The van der Waals surface area contributed by atoms with Gasteiger partial charge in [0, 0.05) is 17.9 Å². The van der Waals surface area contributed by atoms with Crippen LogP contribution in [-0.4, -0.2) is 19.2 Å². The molecule has 106 valence electrons. The molecule has 1 aliphatic carbocycles. The van der Waals surface area contributed by atoms with Gasteiger partial charge in [0.05, 0.1) is 0 Å². The standard InChI is InChI=1S/C17H27NO/c1-16(2,3)12-8-7-9-13(10-12)19-15-11-14(18-6)17(15,4)5/h7-10,14-15,18H,11H2,1-6H3. The third-order valence-corrected chi connectivity index (χ3v) is 4.50. The molecular weight excluding hydrogens is 234 g/mol. The van der Waals surface area contributed by atoms with Crippen molar-refractivity contribution in [1.82, 2.24) is 5.32 Å². The third kappa shape index (κ3) is 2.79. The second-order valence-corrected chi connectivity index (χ2v) is 7.28. The van der Waals surface area contributed by atoms with Crippen LogP contribution in [0.2, 0.25) is 0 Å². The lowest BCUT2D eigenvalue weighted by molar-refractivity contribution is -0.0521. The van der Waals surface area contributed by atoms with Gasteiger partial charge in [-0.3, -0.25) is 0 Å². The van der Waals surface area contributed by atoms with Crippen LogP contribution >= 0.6 is 0 Å². The summed E-state index contributed by atoms with van der Waals surface area (Å²) in [4.78, 5) is 0. The van der Waals surface area contributed by atoms with Gasteiger partial charge in [-0.25, -0.2) is 0 Å². The van der Waals surface area contributed by atoms with Crippen molar-refractivity contribution in [2.45, 2.75) is 58.6 Å². The Hall–Kier alpha value is -1.02. The van der Waals surface area contributed by atoms with Gasteiger partial charge < -0.3 is 10.1 Å². The van der Waals surface area contributed by atoms with Crippen molar-refractivity contribution in [3.05, 3.63) is 29.8 Å². The quantitative estimate of drug-likeness (QED) is 0.894. The van der Waals surface area contributed by atoms with Crippen LogP contribution in [0.15, 0.2) is 24.3 Å². The second-order valence-electron chi connectivity index (χ2n) is 7.28. The Bertz CT molecular complexity index is 445. The van der Waals surface area contributed by atoms with Gasteiger partial charge in [-0.05, 0) is 30.2 Å². The van der Waals surface area contributed by atoms with Crippen LogP contribution in [0.5, 0.6) is 5.75 Å². The highest BCUT2D eigenvalue weighted by Gasteiger charge is 2.49. The van der Waals surface area contributed by atoms with Crippen molar-refractivity contribution in [2.75, 3.05) is 7.05 Å². The molecule has 1 aromatic carbocycles. The summed E-state index contributed by atoms with van der Waals surface area (Å²) in [5, 5.41) is 3.36. The molecule has 1 fully saturated rings. The first kappa shape index (κ1) is 14.4. The minimum Gasteiger partial charge on any atom is -0.490 e. The zero-order valence-electron chi connectivity index (χ0n) is 13.1. The molecule has 0 amide bonds. The van der Waals surface area contributed by atoms with E-state index in [4.69, 9.17) is 4.74 Å². The Labute approximate surface area is 117 Å². The fourth-order valence-corrected chi connectivity index (χ4v) is 2.78. The van der Waals surface area contributed by atoms with E-state index in [1.807, 2.05) is 7.05 Å². The number of hydrogen-bond donors (Lipinski definition) is 1. The van der Waals surface area contributed by atoms with Crippen molar-refractivity contribution in [3.8, 4) is 5.75 Å². The largest absolute Gasteiger partial charge is 0.490 e. The van der Waals surface area contributed by atoms with Crippen molar-refractivity contribution < 1.29 is 4.74 Å². The van der Waals surface area contributed by atoms with Crippen LogP contribution in [0.3, 0.4) is 0 Å². The van der Waals surface area contributed by atoms with E-state index in [2.05, 4.69) is 64.2 Å². The molecule has 0 aromatic heterocycles. The van der Waals surface area contributed by atoms with Crippen molar-refractivity contribution in [3.63, 3.8) is 0 Å². The Morgan fingerprint density at radius 1 is 1.26 bits per heavy atom. The van der Waals surface area contributed by atoms with Gasteiger partial charge in [-0.15, -0.1) is 0 Å². The molecule has 1 saturated carbocycles. The molecule has 1 aliphatic rings. The average Bonchev–Trinajstić information content (AvgIpc) is 2.33. The van der Waals surface area contributed by atoms with Crippen LogP contribution in [0.1, 0.15) is 46.6 Å². The van der Waals surface area contributed by atoms with Crippen molar-refractivity contribution in [1.29, 1.82) is 0 Å². The average molecular weight is 261 g/mol. The molecule has 2 unspecified atom stereocenters. The molecule has 0 aliphatic heterocycles. The molecule has 19 heavy (non-hydrogen) atoms. The van der Waals surface area contributed by atoms with E-state index in [9.17, 15) is 0 Å². The maximum absolute atomic E-state index is 6.19. The number of ether oxygens (including phenoxy) is 1. The Kier molecular flexibility index (Phi) is 3.65. The Balaban J connectivity index is 2.09. The molecule has 2 heteroatoms. The van der Waals surface area contributed by atoms with Gasteiger partial charge in [0.15, 0.2) is 0 Å². The summed E-state index contributed by atoms with van der Waals surface area (Å²) < 4.78 is 6.19. The van der Waals surface area contributed by atoms with Crippen LogP contribution in [0, 0.1) is 5.41 Å². The van der Waals surface area contributed by atoms with Crippen LogP contribution in [0.25, 0.3) is 0 Å². The van der Waals surface area contributed by atoms with Crippen LogP contribution in [0.4, 0.5) is 0 Å². The molecule has 0 bridgehead atoms. The van der Waals surface area contributed by atoms with Gasteiger partial charge in [0.25, 0.3) is 0 Å². The Morgan fingerprint density at radius 2 is 1.95 bits per heavy atom. The normalized spacial score (nSPS) is 25.8. The van der Waals surface area contributed by atoms with E-state index in [1.54, 1.807) is 0 Å². The molecule has 0 radical (unpaired) electrons. The molecule has 2 nitrogen and oxygen atoms in total. The smallest absolute Gasteiger partial charge is 0.120 e. The van der Waals surface area contributed by atoms with E-state index in [0.29, 0.717) is 12.1 Å². The summed E-state index contributed by atoms with van der Waals surface area (Å²) in [5.74, 6) is 1.00.